The number of nitrogens with zero attached hydrogens (tertiary/aromatic N) is 2. The lowest BCUT2D eigenvalue weighted by Crippen LogP contribution is -2.41. The zero-order valence-electron chi connectivity index (χ0n) is 18.2. The molecule has 7 nitrogen and oxygen atoms in total. The number of nitrogens with one attached hydrogen (secondary N) is 2. The van der Waals surface area contributed by atoms with Gasteiger partial charge < -0.3 is 10.3 Å². The Labute approximate surface area is 196 Å². The van der Waals surface area contributed by atoms with E-state index in [1.807, 2.05) is 48.5 Å². The maximum Gasteiger partial charge on any atom is 0.243 e. The van der Waals surface area contributed by atoms with E-state index in [9.17, 15) is 17.6 Å². The first-order valence-electron chi connectivity index (χ1n) is 11.0. The molecule has 3 aromatic carbocycles. The Bertz CT molecular complexity index is 1410. The largest absolute Gasteiger partial charge is 0.338 e. The summed E-state index contributed by atoms with van der Waals surface area (Å²) in [6.07, 6.45) is 0.824. The van der Waals surface area contributed by atoms with E-state index >= 15 is 0 Å². The Kier molecular flexibility index (Phi) is 5.89. The third-order valence-electron chi connectivity index (χ3n) is 6.07. The second-order valence-corrected chi connectivity index (χ2v) is 10.2. The molecule has 0 aliphatic carbocycles. The summed E-state index contributed by atoms with van der Waals surface area (Å²) >= 11 is 0. The van der Waals surface area contributed by atoms with Gasteiger partial charge in [0.25, 0.3) is 0 Å². The van der Waals surface area contributed by atoms with E-state index in [0.717, 1.165) is 34.6 Å². The van der Waals surface area contributed by atoms with Gasteiger partial charge in [-0.1, -0.05) is 24.3 Å². The summed E-state index contributed by atoms with van der Waals surface area (Å²) in [5.41, 5.74) is 3.32. The van der Waals surface area contributed by atoms with Gasteiger partial charge in [-0.3, -0.25) is 4.79 Å². The number of imidazole rings is 1. The monoisotopic (exact) mass is 478 g/mol. The molecule has 174 valence electrons. The molecule has 1 saturated heterocycles. The van der Waals surface area contributed by atoms with Crippen LogP contribution in [0, 0.1) is 11.7 Å². The van der Waals surface area contributed by atoms with Crippen molar-refractivity contribution in [3.8, 4) is 11.4 Å². The molecular weight excluding hydrogens is 455 g/mol. The molecule has 0 atom stereocenters. The number of carbonyl (C=O) groups is 1. The van der Waals surface area contributed by atoms with Gasteiger partial charge in [0.15, 0.2) is 0 Å². The van der Waals surface area contributed by atoms with Crippen LogP contribution in [-0.4, -0.2) is 41.7 Å². The van der Waals surface area contributed by atoms with Crippen LogP contribution in [0.15, 0.2) is 77.7 Å². The first-order valence-corrected chi connectivity index (χ1v) is 12.5. The van der Waals surface area contributed by atoms with E-state index in [0.29, 0.717) is 18.5 Å². The lowest BCUT2D eigenvalue weighted by Gasteiger charge is -2.30. The second-order valence-electron chi connectivity index (χ2n) is 8.30. The van der Waals surface area contributed by atoms with Gasteiger partial charge in [0.2, 0.25) is 15.9 Å². The van der Waals surface area contributed by atoms with Crippen LogP contribution in [0.3, 0.4) is 0 Å². The summed E-state index contributed by atoms with van der Waals surface area (Å²) in [4.78, 5) is 20.8. The first kappa shape index (κ1) is 22.2. The van der Waals surface area contributed by atoms with Gasteiger partial charge in [-0.25, -0.2) is 17.8 Å². The van der Waals surface area contributed by atoms with E-state index in [4.69, 9.17) is 0 Å². The van der Waals surface area contributed by atoms with Crippen LogP contribution in [0.2, 0.25) is 0 Å². The summed E-state index contributed by atoms with van der Waals surface area (Å²) in [6.45, 7) is 0.466. The fraction of sp³-hybridized carbons (Fsp3) is 0.200. The van der Waals surface area contributed by atoms with Crippen molar-refractivity contribution in [1.29, 1.82) is 0 Å². The molecule has 0 spiro atoms. The molecule has 1 fully saturated rings. The molecule has 1 aliphatic heterocycles. The number of aromatic nitrogens is 2. The van der Waals surface area contributed by atoms with Gasteiger partial charge in [-0.2, -0.15) is 4.31 Å². The third kappa shape index (κ3) is 4.44. The average Bonchev–Trinajstić information content (AvgIpc) is 3.29. The van der Waals surface area contributed by atoms with Gasteiger partial charge in [0.1, 0.15) is 11.6 Å². The summed E-state index contributed by atoms with van der Waals surface area (Å²) in [5, 5.41) is 2.96. The predicted octanol–water partition coefficient (Wildman–Crippen LogP) is 4.41. The molecule has 2 heterocycles. The number of rotatable bonds is 5. The number of benzene rings is 3. The van der Waals surface area contributed by atoms with Crippen molar-refractivity contribution in [3.05, 3.63) is 78.6 Å². The van der Waals surface area contributed by atoms with E-state index < -0.39 is 15.8 Å². The highest BCUT2D eigenvalue weighted by molar-refractivity contribution is 7.89. The number of halogens is 1. The predicted molar refractivity (Wildman–Crippen MR) is 128 cm³/mol. The molecule has 0 saturated carbocycles. The fourth-order valence-electron chi connectivity index (χ4n) is 4.19. The van der Waals surface area contributed by atoms with Gasteiger partial charge in [-0.05, 0) is 61.4 Å². The van der Waals surface area contributed by atoms with E-state index in [1.54, 1.807) is 0 Å². The molecule has 1 amide bonds. The number of para-hydroxylation sites is 2. The molecule has 4 aromatic rings. The molecule has 0 unspecified atom stereocenters. The lowest BCUT2D eigenvalue weighted by molar-refractivity contribution is -0.120. The highest BCUT2D eigenvalue weighted by atomic mass is 32.2. The molecule has 9 heteroatoms. The van der Waals surface area contributed by atoms with Crippen LogP contribution >= 0.6 is 0 Å². The smallest absolute Gasteiger partial charge is 0.243 e. The van der Waals surface area contributed by atoms with Gasteiger partial charge in [0, 0.05) is 30.3 Å². The lowest BCUT2D eigenvalue weighted by atomic mass is 9.97. The minimum Gasteiger partial charge on any atom is -0.338 e. The molecule has 0 radical (unpaired) electrons. The number of amides is 1. The van der Waals surface area contributed by atoms with Crippen molar-refractivity contribution in [2.45, 2.75) is 17.7 Å². The van der Waals surface area contributed by atoms with Gasteiger partial charge in [0.05, 0.1) is 15.9 Å². The number of H-pyrrole nitrogens is 1. The summed E-state index contributed by atoms with van der Waals surface area (Å²) < 4.78 is 40.1. The van der Waals surface area contributed by atoms with Crippen molar-refractivity contribution in [1.82, 2.24) is 14.3 Å². The molecule has 1 aliphatic rings. The normalized spacial score (nSPS) is 15.4. The Hall–Kier alpha value is -3.56. The minimum absolute atomic E-state index is 0.0548. The van der Waals surface area contributed by atoms with Gasteiger partial charge in [-0.15, -0.1) is 0 Å². The Balaban J connectivity index is 1.23. The summed E-state index contributed by atoms with van der Waals surface area (Å²) in [5.74, 6) is -0.203. The van der Waals surface area contributed by atoms with Crippen LogP contribution in [0.25, 0.3) is 22.4 Å². The highest BCUT2D eigenvalue weighted by Gasteiger charge is 2.32. The van der Waals surface area contributed by atoms with Gasteiger partial charge >= 0.3 is 0 Å². The Morgan fingerprint density at radius 2 is 1.74 bits per heavy atom. The van der Waals surface area contributed by atoms with Crippen LogP contribution < -0.4 is 5.32 Å². The molecule has 2 N–H and O–H groups in total. The number of carbonyl (C=O) groups excluding carboxylic acids is 1. The van der Waals surface area contributed by atoms with Crippen LogP contribution in [-0.2, 0) is 14.8 Å². The first-order chi connectivity index (χ1) is 16.4. The summed E-state index contributed by atoms with van der Waals surface area (Å²) in [7, 11) is -3.71. The third-order valence-corrected chi connectivity index (χ3v) is 7.98. The quantitative estimate of drug-likeness (QED) is 0.444. The number of hydrogen-bond acceptors (Lipinski definition) is 4. The van der Waals surface area contributed by atoms with E-state index in [-0.39, 0.29) is 29.8 Å². The number of aromatic amines is 1. The zero-order valence-corrected chi connectivity index (χ0v) is 19.1. The Morgan fingerprint density at radius 3 is 2.47 bits per heavy atom. The van der Waals surface area contributed by atoms with E-state index in [2.05, 4.69) is 15.3 Å². The summed E-state index contributed by atoms with van der Waals surface area (Å²) in [6, 6.07) is 20.0. The van der Waals surface area contributed by atoms with Crippen LogP contribution in [0.4, 0.5) is 10.1 Å². The van der Waals surface area contributed by atoms with Crippen LogP contribution in [0.1, 0.15) is 12.8 Å². The molecule has 1 aromatic heterocycles. The molecular formula is C25H23FN4O3S. The van der Waals surface area contributed by atoms with E-state index in [1.165, 1.54) is 16.4 Å². The Morgan fingerprint density at radius 1 is 1.00 bits per heavy atom. The number of piperidine rings is 1. The highest BCUT2D eigenvalue weighted by Crippen LogP contribution is 2.27. The van der Waals surface area contributed by atoms with Crippen LogP contribution in [0.5, 0.6) is 0 Å². The standard InChI is InChI=1S/C25H23FN4O3S/c26-19-8-10-21(11-9-19)34(32,33)30-14-12-17(13-15-30)25(31)27-20-5-3-4-18(16-20)24-28-22-6-1-2-7-23(22)29-24/h1-11,16-17H,12-15H2,(H,27,31)(H,28,29). The molecule has 34 heavy (non-hydrogen) atoms. The second kappa shape index (κ2) is 9.00. The fourth-order valence-corrected chi connectivity index (χ4v) is 5.66. The number of fused-ring (bicyclic) bond motifs is 1. The van der Waals surface area contributed by atoms with Crippen molar-refractivity contribution < 1.29 is 17.6 Å². The molecule has 5 rings (SSSR count). The topological polar surface area (TPSA) is 95.2 Å². The number of hydrogen-bond donors (Lipinski definition) is 2. The van der Waals surface area contributed by atoms with Crippen molar-refractivity contribution in [3.63, 3.8) is 0 Å². The number of anilines is 1. The van der Waals surface area contributed by atoms with Crippen molar-refractivity contribution in [2.75, 3.05) is 18.4 Å². The average molecular weight is 479 g/mol. The minimum atomic E-state index is -3.71. The maximum absolute atomic E-state index is 13.1. The number of sulfonamides is 1. The zero-order chi connectivity index (χ0) is 23.7. The molecule has 0 bridgehead atoms. The SMILES string of the molecule is O=C(Nc1cccc(-c2nc3ccccc3[nH]2)c1)C1CCN(S(=O)(=O)c2ccc(F)cc2)CC1. The maximum atomic E-state index is 13.1. The van der Waals surface area contributed by atoms with Crippen molar-refractivity contribution in [2.24, 2.45) is 5.92 Å². The van der Waals surface area contributed by atoms with Crippen molar-refractivity contribution >= 4 is 32.7 Å².